The number of aromatic nitrogens is 1. The molecule has 0 aliphatic rings. The number of rotatable bonds is 4. The van der Waals surface area contributed by atoms with Crippen LogP contribution >= 0.6 is 0 Å². The van der Waals surface area contributed by atoms with Gasteiger partial charge >= 0.3 is 5.97 Å². The number of nitrogens with one attached hydrogen (secondary N) is 1. The molecule has 138 valence electrons. The average Bonchev–Trinajstić information content (AvgIpc) is 3.11. The van der Waals surface area contributed by atoms with Gasteiger partial charge in [-0.2, -0.15) is 0 Å². The van der Waals surface area contributed by atoms with Gasteiger partial charge in [0, 0.05) is 22.2 Å². The zero-order valence-corrected chi connectivity index (χ0v) is 15.2. The zero-order chi connectivity index (χ0) is 19.8. The van der Waals surface area contributed by atoms with E-state index < -0.39 is 11.9 Å². The predicted octanol–water partition coefficient (Wildman–Crippen LogP) is 4.61. The summed E-state index contributed by atoms with van der Waals surface area (Å²) in [4.78, 5) is 26.3. The zero-order valence-electron chi connectivity index (χ0n) is 15.2. The molecule has 5 nitrogen and oxygen atoms in total. The number of fused-ring (bicyclic) bond motifs is 1. The molecule has 0 saturated heterocycles. The van der Waals surface area contributed by atoms with Gasteiger partial charge in [0.1, 0.15) is 0 Å². The molecule has 0 radical (unpaired) electrons. The summed E-state index contributed by atoms with van der Waals surface area (Å²) in [5.41, 5.74) is 11.2. The van der Waals surface area contributed by atoms with Crippen molar-refractivity contribution in [2.45, 2.75) is 6.92 Å². The summed E-state index contributed by atoms with van der Waals surface area (Å²) in [7, 11) is 0. The lowest BCUT2D eigenvalue weighted by Gasteiger charge is -2.08. The van der Waals surface area contributed by atoms with Gasteiger partial charge in [-0.25, -0.2) is 4.79 Å². The number of aromatic amines is 1. The fraction of sp³-hybridized carbons (Fsp3) is 0.0435. The Morgan fingerprint density at radius 1 is 0.821 bits per heavy atom. The van der Waals surface area contributed by atoms with Crippen LogP contribution in [0.25, 0.3) is 33.3 Å². The molecular weight excluding hydrogens is 352 g/mol. The van der Waals surface area contributed by atoms with Crippen LogP contribution in [-0.4, -0.2) is 22.0 Å². The Labute approximate surface area is 161 Å². The largest absolute Gasteiger partial charge is 0.478 e. The monoisotopic (exact) mass is 370 g/mol. The maximum atomic E-state index is 11.7. The first-order valence-corrected chi connectivity index (χ1v) is 8.79. The number of nitrogens with two attached hydrogens (primary N) is 1. The van der Waals surface area contributed by atoms with Gasteiger partial charge in [0.05, 0.1) is 5.56 Å². The highest BCUT2D eigenvalue weighted by Crippen LogP contribution is 2.30. The number of aryl methyl sites for hydroxylation is 1. The molecule has 0 fully saturated rings. The Morgan fingerprint density at radius 2 is 1.54 bits per heavy atom. The van der Waals surface area contributed by atoms with Gasteiger partial charge in [-0.05, 0) is 71.6 Å². The molecule has 4 N–H and O–H groups in total. The van der Waals surface area contributed by atoms with Gasteiger partial charge in [0.2, 0.25) is 5.91 Å². The number of benzene rings is 3. The van der Waals surface area contributed by atoms with Gasteiger partial charge in [0.25, 0.3) is 0 Å². The van der Waals surface area contributed by atoms with Gasteiger partial charge in [0.15, 0.2) is 0 Å². The number of carbonyl (C=O) groups excluding carboxylic acids is 1. The van der Waals surface area contributed by atoms with Crippen molar-refractivity contribution in [1.29, 1.82) is 0 Å². The number of primary amides is 1. The van der Waals surface area contributed by atoms with Crippen LogP contribution in [0.4, 0.5) is 0 Å². The van der Waals surface area contributed by atoms with E-state index in [2.05, 4.69) is 11.1 Å². The highest BCUT2D eigenvalue weighted by Gasteiger charge is 2.12. The third-order valence-electron chi connectivity index (χ3n) is 4.77. The van der Waals surface area contributed by atoms with E-state index in [1.807, 2.05) is 31.2 Å². The number of carboxylic acids is 1. The number of hydrogen-bond donors (Lipinski definition) is 3. The van der Waals surface area contributed by atoms with Crippen molar-refractivity contribution in [2.75, 3.05) is 0 Å². The first kappa shape index (κ1) is 17.5. The van der Waals surface area contributed by atoms with Crippen molar-refractivity contribution < 1.29 is 14.7 Å². The standard InChI is InChI=1S/C23H18N2O3/c1-13-2-3-16-12-21(25-20(16)8-13)18-9-17(10-19(11-18)23(27)28)14-4-6-15(7-5-14)22(24)26/h2-12,25H,1H3,(H2,24,26)(H,27,28). The summed E-state index contributed by atoms with van der Waals surface area (Å²) in [5.74, 6) is -1.50. The molecule has 1 aromatic heterocycles. The van der Waals surface area contributed by atoms with Crippen LogP contribution in [-0.2, 0) is 0 Å². The minimum atomic E-state index is -0.996. The minimum Gasteiger partial charge on any atom is -0.478 e. The van der Waals surface area contributed by atoms with Crippen LogP contribution in [0, 0.1) is 6.92 Å². The molecule has 0 aliphatic heterocycles. The summed E-state index contributed by atoms with van der Waals surface area (Å²) in [6.07, 6.45) is 0. The summed E-state index contributed by atoms with van der Waals surface area (Å²) >= 11 is 0. The van der Waals surface area contributed by atoms with Crippen LogP contribution in [0.2, 0.25) is 0 Å². The van der Waals surface area contributed by atoms with E-state index in [4.69, 9.17) is 5.73 Å². The van der Waals surface area contributed by atoms with Gasteiger partial charge in [-0.15, -0.1) is 0 Å². The van der Waals surface area contributed by atoms with E-state index in [1.54, 1.807) is 36.4 Å². The van der Waals surface area contributed by atoms with Crippen molar-refractivity contribution >= 4 is 22.8 Å². The van der Waals surface area contributed by atoms with E-state index in [0.29, 0.717) is 5.56 Å². The van der Waals surface area contributed by atoms with E-state index in [1.165, 1.54) is 0 Å². The lowest BCUT2D eigenvalue weighted by Crippen LogP contribution is -2.10. The summed E-state index contributed by atoms with van der Waals surface area (Å²) in [5, 5.41) is 10.6. The van der Waals surface area contributed by atoms with Crippen LogP contribution in [0.3, 0.4) is 0 Å². The number of amides is 1. The molecule has 4 aromatic rings. The van der Waals surface area contributed by atoms with E-state index in [0.717, 1.165) is 38.9 Å². The molecule has 0 spiro atoms. The lowest BCUT2D eigenvalue weighted by atomic mass is 9.97. The Balaban J connectivity index is 1.85. The van der Waals surface area contributed by atoms with Crippen LogP contribution in [0.15, 0.2) is 66.7 Å². The third kappa shape index (κ3) is 3.25. The van der Waals surface area contributed by atoms with Gasteiger partial charge in [-0.3, -0.25) is 4.79 Å². The molecule has 3 aromatic carbocycles. The van der Waals surface area contributed by atoms with Crippen molar-refractivity contribution in [3.63, 3.8) is 0 Å². The van der Waals surface area contributed by atoms with Crippen molar-refractivity contribution in [3.8, 4) is 22.4 Å². The molecule has 28 heavy (non-hydrogen) atoms. The molecular formula is C23H18N2O3. The molecule has 4 rings (SSSR count). The van der Waals surface area contributed by atoms with Crippen LogP contribution in [0.1, 0.15) is 26.3 Å². The molecule has 0 aliphatic carbocycles. The smallest absolute Gasteiger partial charge is 0.335 e. The SMILES string of the molecule is Cc1ccc2cc(-c3cc(C(=O)O)cc(-c4ccc(C(N)=O)cc4)c3)[nH]c2c1. The number of carbonyl (C=O) groups is 2. The first-order chi connectivity index (χ1) is 13.4. The van der Waals surface area contributed by atoms with Gasteiger partial charge < -0.3 is 15.8 Å². The summed E-state index contributed by atoms with van der Waals surface area (Å²) in [6.45, 7) is 2.03. The van der Waals surface area contributed by atoms with Gasteiger partial charge in [-0.1, -0.05) is 24.3 Å². The van der Waals surface area contributed by atoms with Crippen molar-refractivity contribution in [2.24, 2.45) is 5.73 Å². The molecule has 0 atom stereocenters. The number of hydrogen-bond acceptors (Lipinski definition) is 2. The fourth-order valence-electron chi connectivity index (χ4n) is 3.30. The second-order valence-corrected chi connectivity index (χ2v) is 6.82. The predicted molar refractivity (Wildman–Crippen MR) is 109 cm³/mol. The topological polar surface area (TPSA) is 96.2 Å². The highest BCUT2D eigenvalue weighted by atomic mass is 16.4. The normalized spacial score (nSPS) is 10.9. The molecule has 0 bridgehead atoms. The van der Waals surface area contributed by atoms with Crippen LogP contribution < -0.4 is 5.73 Å². The van der Waals surface area contributed by atoms with Crippen molar-refractivity contribution in [3.05, 3.63) is 83.4 Å². The van der Waals surface area contributed by atoms with Crippen molar-refractivity contribution in [1.82, 2.24) is 4.98 Å². The molecule has 1 amide bonds. The maximum Gasteiger partial charge on any atom is 0.335 e. The van der Waals surface area contributed by atoms with E-state index in [9.17, 15) is 14.7 Å². The van der Waals surface area contributed by atoms with E-state index in [-0.39, 0.29) is 5.56 Å². The second-order valence-electron chi connectivity index (χ2n) is 6.82. The van der Waals surface area contributed by atoms with E-state index >= 15 is 0 Å². The average molecular weight is 370 g/mol. The minimum absolute atomic E-state index is 0.196. The number of H-pyrrole nitrogens is 1. The second kappa shape index (κ2) is 6.70. The molecule has 0 saturated carbocycles. The highest BCUT2D eigenvalue weighted by molar-refractivity contribution is 5.95. The summed E-state index contributed by atoms with van der Waals surface area (Å²) < 4.78 is 0. The Kier molecular flexibility index (Phi) is 4.20. The fourth-order valence-corrected chi connectivity index (χ4v) is 3.30. The molecule has 5 heteroatoms. The Hall–Kier alpha value is -3.86. The third-order valence-corrected chi connectivity index (χ3v) is 4.77. The first-order valence-electron chi connectivity index (χ1n) is 8.79. The number of carboxylic acid groups (broad SMARTS) is 1. The summed E-state index contributed by atoms with van der Waals surface area (Å²) in [6, 6.07) is 20.2. The Morgan fingerprint density at radius 3 is 2.21 bits per heavy atom. The van der Waals surface area contributed by atoms with Crippen LogP contribution in [0.5, 0.6) is 0 Å². The quantitative estimate of drug-likeness (QED) is 0.489. The molecule has 0 unspecified atom stereocenters. The molecule has 1 heterocycles. The number of aromatic carboxylic acids is 1. The lowest BCUT2D eigenvalue weighted by molar-refractivity contribution is 0.0696. The Bertz CT molecular complexity index is 1220. The maximum absolute atomic E-state index is 11.7.